The topological polar surface area (TPSA) is 42.0 Å². The minimum absolute atomic E-state index is 0.0597. The van der Waals surface area contributed by atoms with E-state index in [0.717, 1.165) is 11.1 Å². The third-order valence-electron chi connectivity index (χ3n) is 2.84. The number of carbonyl (C=O) groups is 1. The highest BCUT2D eigenvalue weighted by atomic mass is 16.1. The van der Waals surface area contributed by atoms with Crippen LogP contribution in [0.1, 0.15) is 27.0 Å². The van der Waals surface area contributed by atoms with Crippen molar-refractivity contribution in [1.29, 1.82) is 0 Å². The lowest BCUT2D eigenvalue weighted by molar-refractivity contribution is 0.0950. The van der Waals surface area contributed by atoms with Gasteiger partial charge in [-0.05, 0) is 31.0 Å². The summed E-state index contributed by atoms with van der Waals surface area (Å²) in [6, 6.07) is 9.86. The van der Waals surface area contributed by atoms with Gasteiger partial charge in [0.15, 0.2) is 0 Å². The van der Waals surface area contributed by atoms with Gasteiger partial charge in [0.1, 0.15) is 0 Å². The van der Waals surface area contributed by atoms with Crippen molar-refractivity contribution >= 4 is 5.91 Å². The summed E-state index contributed by atoms with van der Waals surface area (Å²) in [6.07, 6.45) is 3.33. The fourth-order valence-corrected chi connectivity index (χ4v) is 1.71. The van der Waals surface area contributed by atoms with E-state index in [1.165, 1.54) is 5.56 Å². The number of hydrogen-bond acceptors (Lipinski definition) is 2. The zero-order valence-electron chi connectivity index (χ0n) is 10.6. The molecule has 18 heavy (non-hydrogen) atoms. The molecule has 0 aliphatic heterocycles. The molecule has 3 nitrogen and oxygen atoms in total. The molecular formula is C15H16N2O. The van der Waals surface area contributed by atoms with Crippen LogP contribution in [0, 0.1) is 13.8 Å². The normalized spacial score (nSPS) is 10.1. The van der Waals surface area contributed by atoms with E-state index in [9.17, 15) is 4.79 Å². The molecule has 0 radical (unpaired) electrons. The molecule has 0 saturated carbocycles. The molecule has 0 unspecified atom stereocenters. The first-order valence-electron chi connectivity index (χ1n) is 5.91. The number of pyridine rings is 1. The second-order valence-electron chi connectivity index (χ2n) is 4.36. The fraction of sp³-hybridized carbons (Fsp3) is 0.200. The number of nitrogens with zero attached hydrogens (tertiary/aromatic N) is 1. The smallest absolute Gasteiger partial charge is 0.251 e. The Hall–Kier alpha value is -2.16. The van der Waals surface area contributed by atoms with Crippen molar-refractivity contribution in [3.8, 4) is 0 Å². The van der Waals surface area contributed by atoms with Gasteiger partial charge in [-0.3, -0.25) is 9.78 Å². The number of benzene rings is 1. The van der Waals surface area contributed by atoms with E-state index < -0.39 is 0 Å². The third kappa shape index (κ3) is 2.94. The van der Waals surface area contributed by atoms with Gasteiger partial charge in [0.25, 0.3) is 5.91 Å². The highest BCUT2D eigenvalue weighted by Gasteiger charge is 2.07. The van der Waals surface area contributed by atoms with E-state index in [-0.39, 0.29) is 5.91 Å². The average molecular weight is 240 g/mol. The van der Waals surface area contributed by atoms with Crippen LogP contribution >= 0.6 is 0 Å². The van der Waals surface area contributed by atoms with Gasteiger partial charge in [-0.1, -0.05) is 29.8 Å². The summed E-state index contributed by atoms with van der Waals surface area (Å²) >= 11 is 0. The minimum Gasteiger partial charge on any atom is -0.348 e. The Labute approximate surface area is 107 Å². The standard InChI is InChI=1S/C15H16N2O/c1-11-3-5-13(6-4-11)10-17-15(18)14-7-8-16-9-12(14)2/h3-9H,10H2,1-2H3,(H,17,18). The van der Waals surface area contributed by atoms with Crippen LogP contribution in [0.2, 0.25) is 0 Å². The summed E-state index contributed by atoms with van der Waals surface area (Å²) in [5.41, 5.74) is 3.88. The number of amides is 1. The Morgan fingerprint density at radius 3 is 2.56 bits per heavy atom. The quantitative estimate of drug-likeness (QED) is 0.896. The van der Waals surface area contributed by atoms with Crippen LogP contribution in [0.25, 0.3) is 0 Å². The van der Waals surface area contributed by atoms with Crippen LogP contribution in [0.4, 0.5) is 0 Å². The molecule has 0 bridgehead atoms. The lowest BCUT2D eigenvalue weighted by Crippen LogP contribution is -2.23. The molecule has 1 heterocycles. The Bertz CT molecular complexity index is 547. The van der Waals surface area contributed by atoms with E-state index in [0.29, 0.717) is 12.1 Å². The zero-order valence-corrected chi connectivity index (χ0v) is 10.6. The van der Waals surface area contributed by atoms with Gasteiger partial charge in [0.2, 0.25) is 0 Å². The fourth-order valence-electron chi connectivity index (χ4n) is 1.71. The number of nitrogens with one attached hydrogen (secondary N) is 1. The van der Waals surface area contributed by atoms with E-state index in [2.05, 4.69) is 10.3 Å². The lowest BCUT2D eigenvalue weighted by atomic mass is 10.1. The average Bonchev–Trinajstić information content (AvgIpc) is 2.38. The Balaban J connectivity index is 2.01. The highest BCUT2D eigenvalue weighted by molar-refractivity contribution is 5.95. The molecule has 0 spiro atoms. The predicted octanol–water partition coefficient (Wildman–Crippen LogP) is 2.63. The van der Waals surface area contributed by atoms with E-state index in [1.807, 2.05) is 38.1 Å². The molecule has 1 N–H and O–H groups in total. The highest BCUT2D eigenvalue weighted by Crippen LogP contribution is 2.06. The van der Waals surface area contributed by atoms with Crippen LogP contribution in [0.5, 0.6) is 0 Å². The summed E-state index contributed by atoms with van der Waals surface area (Å²) in [7, 11) is 0. The van der Waals surface area contributed by atoms with Crippen molar-refractivity contribution in [3.05, 3.63) is 65.0 Å². The Kier molecular flexibility index (Phi) is 3.72. The van der Waals surface area contributed by atoms with E-state index >= 15 is 0 Å². The molecule has 92 valence electrons. The first-order chi connectivity index (χ1) is 8.66. The van der Waals surface area contributed by atoms with Gasteiger partial charge in [-0.15, -0.1) is 0 Å². The first-order valence-corrected chi connectivity index (χ1v) is 5.91. The number of aromatic nitrogens is 1. The number of hydrogen-bond donors (Lipinski definition) is 1. The van der Waals surface area contributed by atoms with Crippen molar-refractivity contribution in [2.24, 2.45) is 0 Å². The van der Waals surface area contributed by atoms with Gasteiger partial charge in [0, 0.05) is 24.5 Å². The van der Waals surface area contributed by atoms with Crippen molar-refractivity contribution < 1.29 is 4.79 Å². The second-order valence-corrected chi connectivity index (χ2v) is 4.36. The molecule has 0 aliphatic carbocycles. The van der Waals surface area contributed by atoms with Gasteiger partial charge in [0.05, 0.1) is 0 Å². The minimum atomic E-state index is -0.0597. The molecule has 1 aromatic carbocycles. The SMILES string of the molecule is Cc1ccc(CNC(=O)c2ccncc2C)cc1. The summed E-state index contributed by atoms with van der Waals surface area (Å²) < 4.78 is 0. The maximum Gasteiger partial charge on any atom is 0.251 e. The van der Waals surface area contributed by atoms with Crippen LogP contribution < -0.4 is 5.32 Å². The van der Waals surface area contributed by atoms with E-state index in [4.69, 9.17) is 0 Å². The van der Waals surface area contributed by atoms with Gasteiger partial charge in [-0.25, -0.2) is 0 Å². The molecular weight excluding hydrogens is 224 g/mol. The van der Waals surface area contributed by atoms with Gasteiger partial charge >= 0.3 is 0 Å². The molecule has 3 heteroatoms. The zero-order chi connectivity index (χ0) is 13.0. The lowest BCUT2D eigenvalue weighted by Gasteiger charge is -2.07. The molecule has 2 rings (SSSR count). The van der Waals surface area contributed by atoms with Crippen molar-refractivity contribution in [2.75, 3.05) is 0 Å². The molecule has 1 aromatic heterocycles. The summed E-state index contributed by atoms with van der Waals surface area (Å²) in [5, 5.41) is 2.91. The largest absolute Gasteiger partial charge is 0.348 e. The number of rotatable bonds is 3. The Morgan fingerprint density at radius 2 is 1.89 bits per heavy atom. The van der Waals surface area contributed by atoms with Crippen molar-refractivity contribution in [3.63, 3.8) is 0 Å². The molecule has 0 fully saturated rings. The number of carbonyl (C=O) groups excluding carboxylic acids is 1. The molecule has 0 aliphatic rings. The molecule has 0 atom stereocenters. The van der Waals surface area contributed by atoms with Gasteiger partial charge in [-0.2, -0.15) is 0 Å². The second kappa shape index (κ2) is 5.45. The molecule has 1 amide bonds. The van der Waals surface area contributed by atoms with Crippen LogP contribution in [0.15, 0.2) is 42.7 Å². The van der Waals surface area contributed by atoms with Crippen LogP contribution in [-0.4, -0.2) is 10.9 Å². The summed E-state index contributed by atoms with van der Waals surface area (Å²) in [6.45, 7) is 4.47. The number of aryl methyl sites for hydroxylation is 2. The maximum absolute atomic E-state index is 12.0. The van der Waals surface area contributed by atoms with Crippen LogP contribution in [0.3, 0.4) is 0 Å². The maximum atomic E-state index is 12.0. The van der Waals surface area contributed by atoms with Gasteiger partial charge < -0.3 is 5.32 Å². The first kappa shape index (κ1) is 12.3. The van der Waals surface area contributed by atoms with Crippen molar-refractivity contribution in [1.82, 2.24) is 10.3 Å². The summed E-state index contributed by atoms with van der Waals surface area (Å²) in [5.74, 6) is -0.0597. The van der Waals surface area contributed by atoms with Crippen molar-refractivity contribution in [2.45, 2.75) is 20.4 Å². The predicted molar refractivity (Wildman–Crippen MR) is 71.3 cm³/mol. The summed E-state index contributed by atoms with van der Waals surface area (Å²) in [4.78, 5) is 15.9. The molecule has 0 saturated heterocycles. The van der Waals surface area contributed by atoms with E-state index in [1.54, 1.807) is 18.5 Å². The molecule has 2 aromatic rings. The Morgan fingerprint density at radius 1 is 1.17 bits per heavy atom. The monoisotopic (exact) mass is 240 g/mol. The van der Waals surface area contributed by atoms with Crippen LogP contribution in [-0.2, 0) is 6.54 Å². The third-order valence-corrected chi connectivity index (χ3v) is 2.84.